The molecule has 0 aromatic carbocycles. The molecule has 1 aliphatic carbocycles. The van der Waals surface area contributed by atoms with Crippen LogP contribution in [0.3, 0.4) is 0 Å². The van der Waals surface area contributed by atoms with Crippen molar-refractivity contribution >= 4 is 27.8 Å². The monoisotopic (exact) mass is 280 g/mol. The lowest BCUT2D eigenvalue weighted by atomic mass is 10.2. The van der Waals surface area contributed by atoms with Gasteiger partial charge in [0.2, 0.25) is 5.13 Å². The molecule has 0 bridgehead atoms. The van der Waals surface area contributed by atoms with Crippen LogP contribution in [0.15, 0.2) is 0 Å². The second-order valence-electron chi connectivity index (χ2n) is 4.51. The minimum Gasteiger partial charge on any atom is -0.363 e. The van der Waals surface area contributed by atoms with Gasteiger partial charge in [-0.3, -0.25) is 0 Å². The lowest BCUT2D eigenvalue weighted by Gasteiger charge is -1.94. The maximum absolute atomic E-state index is 4.81. The van der Waals surface area contributed by atoms with Crippen LogP contribution < -0.4 is 5.32 Å². The summed E-state index contributed by atoms with van der Waals surface area (Å²) in [5.41, 5.74) is 1.21. The summed E-state index contributed by atoms with van der Waals surface area (Å²) in [7, 11) is 1.87. The Hall–Kier alpha value is -1.01. The zero-order valence-electron chi connectivity index (χ0n) is 10.6. The van der Waals surface area contributed by atoms with Crippen LogP contribution in [-0.2, 0) is 6.42 Å². The summed E-state index contributed by atoms with van der Waals surface area (Å²) in [6.07, 6.45) is 4.76. The number of nitrogens with one attached hydrogen (secondary N) is 1. The number of aryl methyl sites for hydroxylation is 1. The number of hydrogen-bond donors (Lipinski definition) is 1. The molecule has 0 atom stereocenters. The van der Waals surface area contributed by atoms with Gasteiger partial charge in [0.15, 0.2) is 5.01 Å². The third kappa shape index (κ3) is 2.27. The molecule has 1 fully saturated rings. The average Bonchev–Trinajstić information content (AvgIpc) is 2.98. The molecular weight excluding hydrogens is 264 g/mol. The van der Waals surface area contributed by atoms with E-state index in [2.05, 4.69) is 22.4 Å². The number of nitrogens with zero attached hydrogens (tertiary/aromatic N) is 3. The largest absolute Gasteiger partial charge is 0.363 e. The Kier molecular flexibility index (Phi) is 3.30. The number of anilines is 1. The number of aromatic nitrogens is 3. The molecule has 18 heavy (non-hydrogen) atoms. The van der Waals surface area contributed by atoms with Gasteiger partial charge in [0, 0.05) is 13.0 Å². The van der Waals surface area contributed by atoms with Crippen molar-refractivity contribution in [1.82, 2.24) is 15.2 Å². The highest BCUT2D eigenvalue weighted by atomic mass is 32.1. The lowest BCUT2D eigenvalue weighted by molar-refractivity contribution is 0.880. The van der Waals surface area contributed by atoms with Gasteiger partial charge in [-0.2, -0.15) is 0 Å². The Morgan fingerprint density at radius 3 is 2.72 bits per heavy atom. The Morgan fingerprint density at radius 1 is 1.28 bits per heavy atom. The third-order valence-corrected chi connectivity index (χ3v) is 5.31. The molecule has 3 rings (SSSR count). The van der Waals surface area contributed by atoms with Gasteiger partial charge in [-0.25, -0.2) is 4.98 Å². The van der Waals surface area contributed by atoms with Gasteiger partial charge in [-0.15, -0.1) is 21.5 Å². The minimum absolute atomic E-state index is 0.719. The third-order valence-electron chi connectivity index (χ3n) is 2.96. The molecule has 2 aromatic heterocycles. The standard InChI is InChI=1S/C12H16N4S2/c1-3-4-8-9(11-15-16-12(13-2)18-11)17-10(14-8)7-5-6-7/h7H,3-6H2,1-2H3,(H,13,16). The molecular formula is C12H16N4S2. The molecule has 1 N–H and O–H groups in total. The van der Waals surface area contributed by atoms with Crippen LogP contribution in [-0.4, -0.2) is 22.2 Å². The fourth-order valence-corrected chi connectivity index (χ4v) is 3.93. The van der Waals surface area contributed by atoms with Crippen molar-refractivity contribution in [1.29, 1.82) is 0 Å². The van der Waals surface area contributed by atoms with E-state index in [4.69, 9.17) is 4.98 Å². The molecule has 6 heteroatoms. The first-order chi connectivity index (χ1) is 8.81. The van der Waals surface area contributed by atoms with Crippen LogP contribution in [0, 0.1) is 0 Å². The summed E-state index contributed by atoms with van der Waals surface area (Å²) < 4.78 is 0. The van der Waals surface area contributed by atoms with Crippen molar-refractivity contribution in [2.24, 2.45) is 0 Å². The molecule has 0 radical (unpaired) electrons. The summed E-state index contributed by atoms with van der Waals surface area (Å²) in [5.74, 6) is 0.719. The maximum Gasteiger partial charge on any atom is 0.205 e. The zero-order chi connectivity index (χ0) is 12.5. The van der Waals surface area contributed by atoms with E-state index in [1.165, 1.54) is 28.4 Å². The molecule has 96 valence electrons. The normalized spacial score (nSPS) is 15.0. The quantitative estimate of drug-likeness (QED) is 0.910. The lowest BCUT2D eigenvalue weighted by Crippen LogP contribution is -1.87. The van der Waals surface area contributed by atoms with Crippen molar-refractivity contribution in [2.75, 3.05) is 12.4 Å². The van der Waals surface area contributed by atoms with Crippen molar-refractivity contribution < 1.29 is 0 Å². The highest BCUT2D eigenvalue weighted by molar-refractivity contribution is 7.23. The molecule has 2 aromatic rings. The van der Waals surface area contributed by atoms with E-state index < -0.39 is 0 Å². The van der Waals surface area contributed by atoms with Crippen molar-refractivity contribution in [3.63, 3.8) is 0 Å². The van der Waals surface area contributed by atoms with Gasteiger partial charge in [-0.1, -0.05) is 24.7 Å². The van der Waals surface area contributed by atoms with E-state index in [-0.39, 0.29) is 0 Å². The van der Waals surface area contributed by atoms with Crippen LogP contribution in [0.2, 0.25) is 0 Å². The van der Waals surface area contributed by atoms with Gasteiger partial charge in [0.25, 0.3) is 0 Å². The van der Waals surface area contributed by atoms with Gasteiger partial charge in [0.1, 0.15) is 0 Å². The van der Waals surface area contributed by atoms with E-state index in [0.717, 1.165) is 28.9 Å². The molecule has 2 heterocycles. The highest BCUT2D eigenvalue weighted by Gasteiger charge is 2.29. The average molecular weight is 280 g/mol. The molecule has 0 saturated heterocycles. The van der Waals surface area contributed by atoms with Crippen molar-refractivity contribution in [3.05, 3.63) is 10.7 Å². The smallest absolute Gasteiger partial charge is 0.205 e. The fourth-order valence-electron chi connectivity index (χ4n) is 1.86. The van der Waals surface area contributed by atoms with E-state index >= 15 is 0 Å². The first-order valence-corrected chi connectivity index (χ1v) is 7.96. The predicted octanol–water partition coefficient (Wildman–Crippen LogP) is 3.53. The van der Waals surface area contributed by atoms with E-state index in [0.29, 0.717) is 0 Å². The summed E-state index contributed by atoms with van der Waals surface area (Å²) in [5, 5.41) is 14.6. The molecule has 4 nitrogen and oxygen atoms in total. The van der Waals surface area contributed by atoms with Crippen LogP contribution in [0.25, 0.3) is 9.88 Å². The van der Waals surface area contributed by atoms with Crippen LogP contribution in [0.4, 0.5) is 5.13 Å². The Morgan fingerprint density at radius 2 is 2.11 bits per heavy atom. The minimum atomic E-state index is 0.719. The van der Waals surface area contributed by atoms with Crippen molar-refractivity contribution in [3.8, 4) is 9.88 Å². The van der Waals surface area contributed by atoms with Crippen LogP contribution in [0.1, 0.15) is 42.8 Å². The van der Waals surface area contributed by atoms with E-state index in [1.807, 2.05) is 18.4 Å². The highest BCUT2D eigenvalue weighted by Crippen LogP contribution is 2.45. The molecule has 0 amide bonds. The van der Waals surface area contributed by atoms with Gasteiger partial charge in [0.05, 0.1) is 15.6 Å². The van der Waals surface area contributed by atoms with E-state index in [9.17, 15) is 0 Å². The number of thiazole rings is 1. The molecule has 1 saturated carbocycles. The van der Waals surface area contributed by atoms with Crippen molar-refractivity contribution in [2.45, 2.75) is 38.5 Å². The predicted molar refractivity (Wildman–Crippen MR) is 76.5 cm³/mol. The first kappa shape index (κ1) is 12.0. The van der Waals surface area contributed by atoms with Gasteiger partial charge >= 0.3 is 0 Å². The van der Waals surface area contributed by atoms with Crippen LogP contribution >= 0.6 is 22.7 Å². The molecule has 0 spiro atoms. The Labute approximate surface area is 114 Å². The summed E-state index contributed by atoms with van der Waals surface area (Å²) in [6.45, 7) is 2.19. The molecule has 0 aliphatic heterocycles. The first-order valence-electron chi connectivity index (χ1n) is 6.33. The Bertz CT molecular complexity index is 542. The summed E-state index contributed by atoms with van der Waals surface area (Å²) in [4.78, 5) is 6.04. The fraction of sp³-hybridized carbons (Fsp3) is 0.583. The topological polar surface area (TPSA) is 50.7 Å². The second kappa shape index (κ2) is 4.93. The summed E-state index contributed by atoms with van der Waals surface area (Å²) >= 11 is 3.42. The van der Waals surface area contributed by atoms with E-state index in [1.54, 1.807) is 11.3 Å². The summed E-state index contributed by atoms with van der Waals surface area (Å²) in [6, 6.07) is 0. The Balaban J connectivity index is 1.97. The maximum atomic E-state index is 4.81. The van der Waals surface area contributed by atoms with Crippen LogP contribution in [0.5, 0.6) is 0 Å². The molecule has 0 unspecified atom stereocenters. The zero-order valence-corrected chi connectivity index (χ0v) is 12.2. The number of hydrogen-bond acceptors (Lipinski definition) is 6. The number of rotatable bonds is 5. The second-order valence-corrected chi connectivity index (χ2v) is 6.52. The molecule has 1 aliphatic rings. The van der Waals surface area contributed by atoms with Gasteiger partial charge in [-0.05, 0) is 19.3 Å². The SMILES string of the molecule is CCCc1nc(C2CC2)sc1-c1nnc(NC)s1. The van der Waals surface area contributed by atoms with Gasteiger partial charge < -0.3 is 5.32 Å².